The predicted molar refractivity (Wildman–Crippen MR) is 158 cm³/mol. The first-order valence-electron chi connectivity index (χ1n) is 12.9. The minimum Gasteiger partial charge on any atom is -0.489 e. The van der Waals surface area contributed by atoms with Gasteiger partial charge in [-0.15, -0.1) is 15.6 Å². The van der Waals surface area contributed by atoms with Gasteiger partial charge in [-0.25, -0.2) is 9.78 Å². The molecule has 44 heavy (non-hydrogen) atoms. The molecule has 0 aliphatic carbocycles. The second kappa shape index (κ2) is 14.0. The highest BCUT2D eigenvalue weighted by Crippen LogP contribution is 2.33. The minimum absolute atomic E-state index is 0.0584. The molecule has 17 nitrogen and oxygen atoms in total. The van der Waals surface area contributed by atoms with E-state index >= 15 is 0 Å². The van der Waals surface area contributed by atoms with Gasteiger partial charge in [0, 0.05) is 24.7 Å². The van der Waals surface area contributed by atoms with Crippen LogP contribution in [0.2, 0.25) is 0 Å². The largest absolute Gasteiger partial charge is 0.489 e. The average molecular weight is 656 g/mol. The van der Waals surface area contributed by atoms with E-state index in [9.17, 15) is 27.9 Å². The molecule has 2 atom stereocenters. The molecule has 19 heteroatoms. The summed E-state index contributed by atoms with van der Waals surface area (Å²) in [6, 6.07) is 5.44. The number of rotatable bonds is 16. The van der Waals surface area contributed by atoms with E-state index in [2.05, 4.69) is 26.3 Å². The summed E-state index contributed by atoms with van der Waals surface area (Å²) in [5.74, 6) is -3.14. The van der Waals surface area contributed by atoms with Crippen molar-refractivity contribution >= 4 is 56.1 Å². The second-order valence-electron chi connectivity index (χ2n) is 9.98. The number of aliphatic carboxylic acids is 1. The van der Waals surface area contributed by atoms with Crippen LogP contribution in [0.5, 0.6) is 5.75 Å². The number of hydrogen-bond donors (Lipinski definition) is 5. The van der Waals surface area contributed by atoms with Crippen LogP contribution in [0.3, 0.4) is 0 Å². The number of amides is 2. The molecule has 0 saturated carbocycles. The summed E-state index contributed by atoms with van der Waals surface area (Å²) >= 11 is 0.957. The smallest absolute Gasteiger partial charge is 0.418 e. The van der Waals surface area contributed by atoms with Crippen molar-refractivity contribution < 1.29 is 46.3 Å². The van der Waals surface area contributed by atoms with Gasteiger partial charge in [0.15, 0.2) is 10.8 Å². The van der Waals surface area contributed by atoms with E-state index in [-0.39, 0.29) is 10.8 Å². The van der Waals surface area contributed by atoms with Crippen LogP contribution >= 0.6 is 11.3 Å². The Morgan fingerprint density at radius 1 is 1.32 bits per heavy atom. The molecule has 240 valence electrons. The number of nitrogen functional groups attached to an aromatic ring is 1. The SMILES string of the molecule is C=C(c1ccc(OCC(O/N=C(\C(=O)N[C@@H]2C(=O)N(OS(=O)(=O)O)C2(C)C)c2csc(N)n2)C(=O)O)cc1)N(C)CCCN. The number of hydroxylamine groups is 2. The maximum atomic E-state index is 13.2. The summed E-state index contributed by atoms with van der Waals surface area (Å²) in [6.45, 7) is 7.57. The highest BCUT2D eigenvalue weighted by molar-refractivity contribution is 7.80. The monoisotopic (exact) mass is 655 g/mol. The normalized spacial score (nSPS) is 16.9. The number of anilines is 1. The van der Waals surface area contributed by atoms with Gasteiger partial charge in [0.25, 0.3) is 17.9 Å². The number of nitrogens with one attached hydrogen (secondary N) is 1. The van der Waals surface area contributed by atoms with E-state index in [1.807, 2.05) is 11.9 Å². The van der Waals surface area contributed by atoms with Crippen LogP contribution in [0.4, 0.5) is 5.13 Å². The van der Waals surface area contributed by atoms with Gasteiger partial charge >= 0.3 is 16.4 Å². The predicted octanol–water partition coefficient (Wildman–Crippen LogP) is 0.0695. The zero-order chi connectivity index (χ0) is 32.8. The van der Waals surface area contributed by atoms with Crippen LogP contribution in [0.25, 0.3) is 5.70 Å². The molecule has 1 aliphatic heterocycles. The quantitative estimate of drug-likeness (QED) is 0.0695. The van der Waals surface area contributed by atoms with Crippen LogP contribution in [0.1, 0.15) is 31.5 Å². The molecule has 2 amide bonds. The van der Waals surface area contributed by atoms with Crippen molar-refractivity contribution in [1.29, 1.82) is 0 Å². The van der Waals surface area contributed by atoms with E-state index in [0.29, 0.717) is 17.4 Å². The molecular weight excluding hydrogens is 622 g/mol. The first-order valence-corrected chi connectivity index (χ1v) is 15.1. The molecule has 1 saturated heterocycles. The molecule has 1 aromatic carbocycles. The van der Waals surface area contributed by atoms with E-state index in [4.69, 9.17) is 25.6 Å². The Hall–Kier alpha value is -4.30. The highest BCUT2D eigenvalue weighted by Gasteiger charge is 2.58. The third-order valence-electron chi connectivity index (χ3n) is 6.39. The van der Waals surface area contributed by atoms with Gasteiger partial charge in [0.05, 0.1) is 5.54 Å². The van der Waals surface area contributed by atoms with Crippen molar-refractivity contribution in [1.82, 2.24) is 20.3 Å². The Morgan fingerprint density at radius 2 is 1.98 bits per heavy atom. The van der Waals surface area contributed by atoms with Crippen LogP contribution in [0, 0.1) is 0 Å². The number of carbonyl (C=O) groups is 3. The fraction of sp³-hybridized carbons (Fsp3) is 0.400. The summed E-state index contributed by atoms with van der Waals surface area (Å²) < 4.78 is 40.9. The lowest BCUT2D eigenvalue weighted by Gasteiger charge is -2.50. The average Bonchev–Trinajstić information content (AvgIpc) is 3.39. The molecular formula is C25H33N7O10S2. The number of nitrogens with two attached hydrogens (primary N) is 2. The Balaban J connectivity index is 1.71. The number of hydrogen-bond acceptors (Lipinski definition) is 14. The Kier molecular flexibility index (Phi) is 10.9. The van der Waals surface area contributed by atoms with Crippen LogP contribution in [-0.4, -0.2) is 101 Å². The number of ether oxygens (including phenoxy) is 1. The Morgan fingerprint density at radius 3 is 2.50 bits per heavy atom. The third kappa shape index (κ3) is 8.41. The first-order chi connectivity index (χ1) is 20.5. The van der Waals surface area contributed by atoms with E-state index in [0.717, 1.165) is 35.6 Å². The van der Waals surface area contributed by atoms with Crippen molar-refractivity contribution in [3.8, 4) is 5.75 Å². The summed E-state index contributed by atoms with van der Waals surface area (Å²) in [7, 11) is -3.12. The molecule has 1 aromatic heterocycles. The van der Waals surface area contributed by atoms with Crippen molar-refractivity contribution in [3.05, 3.63) is 47.5 Å². The van der Waals surface area contributed by atoms with Gasteiger partial charge in [-0.3, -0.25) is 14.1 Å². The van der Waals surface area contributed by atoms with E-state index < -0.39 is 58.2 Å². The second-order valence-corrected chi connectivity index (χ2v) is 11.9. The van der Waals surface area contributed by atoms with Gasteiger partial charge < -0.3 is 36.4 Å². The Bertz CT molecular complexity index is 1530. The van der Waals surface area contributed by atoms with Gasteiger partial charge in [-0.1, -0.05) is 11.7 Å². The lowest BCUT2D eigenvalue weighted by atomic mass is 9.84. The molecule has 0 spiro atoms. The standard InChI is InChI=1S/C25H33N7O10S2/c1-14(31(4)11-5-10-26)15-6-8-16(9-7-15)40-12-18(23(35)36)41-30-19(17-13-43-24(27)28-17)21(33)29-20-22(34)32(25(20,2)3)42-44(37,38)39/h6-9,13,18,20H,1,5,10-12,26H2,2-4H3,(H2,27,28)(H,29,33)(H,35,36)(H,37,38,39)/b30-19-/t18?,20-/m1/s1. The summed E-state index contributed by atoms with van der Waals surface area (Å²) in [5, 5.41) is 17.5. The summed E-state index contributed by atoms with van der Waals surface area (Å²) in [4.78, 5) is 48.6. The van der Waals surface area contributed by atoms with Gasteiger partial charge in [0.2, 0.25) is 0 Å². The number of benzene rings is 1. The fourth-order valence-electron chi connectivity index (χ4n) is 3.88. The molecule has 0 radical (unpaired) electrons. The van der Waals surface area contributed by atoms with Crippen molar-refractivity contribution in [2.75, 3.05) is 32.5 Å². The summed E-state index contributed by atoms with van der Waals surface area (Å²) in [6.07, 6.45) is -0.873. The molecule has 3 rings (SSSR count). The number of carboxylic acid groups (broad SMARTS) is 1. The topological polar surface area (TPSA) is 249 Å². The molecule has 1 fully saturated rings. The van der Waals surface area contributed by atoms with E-state index in [1.54, 1.807) is 24.3 Å². The zero-order valence-electron chi connectivity index (χ0n) is 24.0. The van der Waals surface area contributed by atoms with Crippen molar-refractivity contribution in [3.63, 3.8) is 0 Å². The van der Waals surface area contributed by atoms with Crippen LogP contribution in [0.15, 0.2) is 41.4 Å². The van der Waals surface area contributed by atoms with Gasteiger partial charge in [-0.2, -0.15) is 13.5 Å². The van der Waals surface area contributed by atoms with Crippen LogP contribution in [-0.2, 0) is 33.9 Å². The number of carbonyl (C=O) groups excluding carboxylic acids is 2. The fourth-order valence-corrected chi connectivity index (χ4v) is 4.88. The van der Waals surface area contributed by atoms with Crippen molar-refractivity contribution in [2.45, 2.75) is 38.0 Å². The van der Waals surface area contributed by atoms with Crippen molar-refractivity contribution in [2.24, 2.45) is 10.9 Å². The molecule has 0 bridgehead atoms. The van der Waals surface area contributed by atoms with E-state index in [1.165, 1.54) is 19.2 Å². The molecule has 1 aliphatic rings. The molecule has 2 heterocycles. The number of aromatic nitrogens is 1. The molecule has 2 aromatic rings. The lowest BCUT2D eigenvalue weighted by molar-refractivity contribution is -0.218. The minimum atomic E-state index is -5.01. The number of nitrogens with zero attached hydrogens (tertiary/aromatic N) is 4. The maximum Gasteiger partial charge on any atom is 0.418 e. The molecule has 1 unspecified atom stereocenters. The first kappa shape index (κ1) is 34.2. The zero-order valence-corrected chi connectivity index (χ0v) is 25.6. The highest BCUT2D eigenvalue weighted by atomic mass is 32.3. The maximum absolute atomic E-state index is 13.2. The lowest BCUT2D eigenvalue weighted by Crippen LogP contribution is -2.76. The number of oxime groups is 1. The number of carboxylic acids is 1. The molecule has 7 N–H and O–H groups in total. The van der Waals surface area contributed by atoms with Crippen LogP contribution < -0.4 is 21.5 Å². The van der Waals surface area contributed by atoms with Gasteiger partial charge in [0.1, 0.15) is 24.1 Å². The Labute approximate surface area is 257 Å². The number of β-lactam (4-membered cyclic amide) rings is 1. The number of thiazole rings is 1. The summed E-state index contributed by atoms with van der Waals surface area (Å²) in [5.41, 5.74) is 10.8. The third-order valence-corrected chi connectivity index (χ3v) is 7.41. The van der Waals surface area contributed by atoms with Gasteiger partial charge in [-0.05, 0) is 56.6 Å².